The Morgan fingerprint density at radius 2 is 1.88 bits per heavy atom. The minimum absolute atomic E-state index is 0.285. The lowest BCUT2D eigenvalue weighted by Gasteiger charge is -2.36. The smallest absolute Gasteiger partial charge is 0.336 e. The lowest BCUT2D eigenvalue weighted by Crippen LogP contribution is -2.51. The third kappa shape index (κ3) is 4.85. The Morgan fingerprint density at radius 1 is 1.20 bits per heavy atom. The maximum atomic E-state index is 12.1. The van der Waals surface area contributed by atoms with Crippen LogP contribution < -0.4 is 15.0 Å². The van der Waals surface area contributed by atoms with Crippen LogP contribution in [0.25, 0.3) is 0 Å². The molecule has 9 heteroatoms. The molecule has 0 saturated carbocycles. The van der Waals surface area contributed by atoms with E-state index >= 15 is 0 Å². The predicted molar refractivity (Wildman–Crippen MR) is 94.6 cm³/mol. The standard InChI is InChI=1S/C16H23N3O5S/c1-3-25(22,23)16(21)17-12-15(20)19-9-7-18(8-10-19)13-5-4-6-14(11-13)24-2/h4-6,11H,3,7-10,12H2,1-2H3,(H,17,21). The van der Waals surface area contributed by atoms with Crippen LogP contribution in [0.15, 0.2) is 24.3 Å². The molecule has 1 aliphatic rings. The molecule has 8 nitrogen and oxygen atoms in total. The number of rotatable bonds is 5. The summed E-state index contributed by atoms with van der Waals surface area (Å²) in [6.45, 7) is 3.39. The van der Waals surface area contributed by atoms with Gasteiger partial charge in [-0.15, -0.1) is 0 Å². The van der Waals surface area contributed by atoms with E-state index in [0.29, 0.717) is 26.2 Å². The van der Waals surface area contributed by atoms with Gasteiger partial charge < -0.3 is 19.9 Å². The molecule has 138 valence electrons. The van der Waals surface area contributed by atoms with E-state index in [1.807, 2.05) is 24.3 Å². The zero-order chi connectivity index (χ0) is 18.4. The molecule has 25 heavy (non-hydrogen) atoms. The molecule has 0 aromatic heterocycles. The summed E-state index contributed by atoms with van der Waals surface area (Å²) in [5.74, 6) is 0.201. The van der Waals surface area contributed by atoms with Crippen LogP contribution in [0, 0.1) is 0 Å². The van der Waals surface area contributed by atoms with E-state index in [1.54, 1.807) is 12.0 Å². The molecule has 1 fully saturated rings. The van der Waals surface area contributed by atoms with Gasteiger partial charge in [-0.3, -0.25) is 9.59 Å². The number of benzene rings is 1. The Bertz CT molecular complexity index is 727. The normalized spacial score (nSPS) is 15.0. The van der Waals surface area contributed by atoms with Gasteiger partial charge in [0.2, 0.25) is 15.7 Å². The van der Waals surface area contributed by atoms with Gasteiger partial charge in [-0.2, -0.15) is 0 Å². The lowest BCUT2D eigenvalue weighted by molar-refractivity contribution is -0.130. The average Bonchev–Trinajstić information content (AvgIpc) is 2.65. The largest absolute Gasteiger partial charge is 0.497 e. The number of carbonyl (C=O) groups excluding carboxylic acids is 2. The minimum Gasteiger partial charge on any atom is -0.497 e. The maximum absolute atomic E-state index is 12.1. The minimum atomic E-state index is -3.82. The van der Waals surface area contributed by atoms with Crippen LogP contribution in [-0.2, 0) is 14.6 Å². The van der Waals surface area contributed by atoms with E-state index in [2.05, 4.69) is 10.2 Å². The molecule has 1 saturated heterocycles. The van der Waals surface area contributed by atoms with Crippen molar-refractivity contribution in [2.24, 2.45) is 0 Å². The third-order valence-electron chi connectivity index (χ3n) is 4.10. The van der Waals surface area contributed by atoms with Crippen molar-refractivity contribution in [1.29, 1.82) is 0 Å². The van der Waals surface area contributed by atoms with Crippen molar-refractivity contribution in [3.8, 4) is 5.75 Å². The SMILES string of the molecule is CCS(=O)(=O)C(=O)NCC(=O)N1CCN(c2cccc(OC)c2)CC1. The molecule has 0 radical (unpaired) electrons. The molecular weight excluding hydrogens is 346 g/mol. The van der Waals surface area contributed by atoms with E-state index in [0.717, 1.165) is 11.4 Å². The summed E-state index contributed by atoms with van der Waals surface area (Å²) in [7, 11) is -2.20. The van der Waals surface area contributed by atoms with Crippen molar-refractivity contribution < 1.29 is 22.7 Å². The summed E-state index contributed by atoms with van der Waals surface area (Å²) in [5.41, 5.74) is 1.02. The molecule has 2 rings (SSSR count). The third-order valence-corrected chi connectivity index (χ3v) is 5.57. The molecule has 0 spiro atoms. The van der Waals surface area contributed by atoms with Gasteiger partial charge >= 0.3 is 5.24 Å². The van der Waals surface area contributed by atoms with Crippen molar-refractivity contribution in [2.75, 3.05) is 50.5 Å². The molecule has 1 heterocycles. The monoisotopic (exact) mass is 369 g/mol. The second kappa shape index (κ2) is 8.19. The number of ether oxygens (including phenoxy) is 1. The van der Waals surface area contributed by atoms with Crippen LogP contribution in [0.1, 0.15) is 6.92 Å². The number of hydrogen-bond donors (Lipinski definition) is 1. The van der Waals surface area contributed by atoms with Gasteiger partial charge in [0.15, 0.2) is 0 Å². The summed E-state index contributed by atoms with van der Waals surface area (Å²) in [6, 6.07) is 7.70. The molecular formula is C16H23N3O5S. The zero-order valence-electron chi connectivity index (χ0n) is 14.4. The second-order valence-corrected chi connectivity index (χ2v) is 7.79. The highest BCUT2D eigenvalue weighted by Crippen LogP contribution is 2.22. The fourth-order valence-electron chi connectivity index (χ4n) is 2.52. The van der Waals surface area contributed by atoms with Crippen LogP contribution in [0.3, 0.4) is 0 Å². The van der Waals surface area contributed by atoms with E-state index in [1.165, 1.54) is 6.92 Å². The molecule has 0 atom stereocenters. The van der Waals surface area contributed by atoms with Gasteiger partial charge in [0, 0.05) is 37.9 Å². The highest BCUT2D eigenvalue weighted by molar-refractivity contribution is 8.05. The van der Waals surface area contributed by atoms with Gasteiger partial charge in [-0.05, 0) is 12.1 Å². The van der Waals surface area contributed by atoms with E-state index in [9.17, 15) is 18.0 Å². The van der Waals surface area contributed by atoms with E-state index in [4.69, 9.17) is 4.74 Å². The Labute approximate surface area is 147 Å². The fraction of sp³-hybridized carbons (Fsp3) is 0.500. The van der Waals surface area contributed by atoms with Crippen molar-refractivity contribution >= 4 is 26.7 Å². The van der Waals surface area contributed by atoms with Gasteiger partial charge in [-0.25, -0.2) is 8.42 Å². The van der Waals surface area contributed by atoms with E-state index in [-0.39, 0.29) is 18.2 Å². The molecule has 1 N–H and O–H groups in total. The Kier molecular flexibility index (Phi) is 6.24. The molecule has 1 aromatic carbocycles. The number of anilines is 1. The Balaban J connectivity index is 1.85. The van der Waals surface area contributed by atoms with Gasteiger partial charge in [0.25, 0.3) is 0 Å². The lowest BCUT2D eigenvalue weighted by atomic mass is 10.2. The zero-order valence-corrected chi connectivity index (χ0v) is 15.2. The first-order valence-corrected chi connectivity index (χ1v) is 9.70. The summed E-state index contributed by atoms with van der Waals surface area (Å²) in [6.07, 6.45) is 0. The molecule has 1 aliphatic heterocycles. The number of amides is 2. The van der Waals surface area contributed by atoms with E-state index < -0.39 is 15.1 Å². The first kappa shape index (κ1) is 19.0. The number of nitrogens with one attached hydrogen (secondary N) is 1. The average molecular weight is 369 g/mol. The van der Waals surface area contributed by atoms with Gasteiger partial charge in [0.1, 0.15) is 5.75 Å². The maximum Gasteiger partial charge on any atom is 0.336 e. The number of sulfone groups is 1. The van der Waals surface area contributed by atoms with Crippen molar-refractivity contribution in [3.63, 3.8) is 0 Å². The first-order chi connectivity index (χ1) is 11.9. The molecule has 0 unspecified atom stereocenters. The van der Waals surface area contributed by atoms with Crippen LogP contribution in [0.2, 0.25) is 0 Å². The highest BCUT2D eigenvalue weighted by Gasteiger charge is 2.24. The first-order valence-electron chi connectivity index (χ1n) is 8.04. The molecule has 0 bridgehead atoms. The number of carbonyl (C=O) groups is 2. The number of piperazine rings is 1. The van der Waals surface area contributed by atoms with Gasteiger partial charge in [0.05, 0.1) is 19.4 Å². The summed E-state index contributed by atoms with van der Waals surface area (Å²) >= 11 is 0. The van der Waals surface area contributed by atoms with Crippen LogP contribution in [0.4, 0.5) is 10.5 Å². The predicted octanol–water partition coefficient (Wildman–Crippen LogP) is 0.488. The Hall–Kier alpha value is -2.29. The fourth-order valence-corrected chi connectivity index (χ4v) is 3.08. The molecule has 1 aromatic rings. The van der Waals surface area contributed by atoms with Crippen molar-refractivity contribution in [3.05, 3.63) is 24.3 Å². The molecule has 2 amide bonds. The molecule has 0 aliphatic carbocycles. The highest BCUT2D eigenvalue weighted by atomic mass is 32.2. The van der Waals surface area contributed by atoms with Crippen LogP contribution in [0.5, 0.6) is 5.75 Å². The van der Waals surface area contributed by atoms with Crippen molar-refractivity contribution in [1.82, 2.24) is 10.2 Å². The number of nitrogens with zero attached hydrogens (tertiary/aromatic N) is 2. The summed E-state index contributed by atoms with van der Waals surface area (Å²) < 4.78 is 28.0. The van der Waals surface area contributed by atoms with Gasteiger partial charge in [-0.1, -0.05) is 13.0 Å². The quantitative estimate of drug-likeness (QED) is 0.811. The van der Waals surface area contributed by atoms with Crippen molar-refractivity contribution in [2.45, 2.75) is 6.92 Å². The Morgan fingerprint density at radius 3 is 2.48 bits per heavy atom. The second-order valence-electron chi connectivity index (χ2n) is 5.61. The number of hydrogen-bond acceptors (Lipinski definition) is 6. The number of methoxy groups -OCH3 is 1. The van der Waals surface area contributed by atoms with Crippen LogP contribution in [-0.4, -0.2) is 70.1 Å². The topological polar surface area (TPSA) is 96.0 Å². The van der Waals surface area contributed by atoms with Crippen LogP contribution >= 0.6 is 0 Å². The summed E-state index contributed by atoms with van der Waals surface area (Å²) in [4.78, 5) is 27.4. The summed E-state index contributed by atoms with van der Waals surface area (Å²) in [5, 5.41) is 1.08.